The average Bonchev–Trinajstić information content (AvgIpc) is 2.60. The first-order valence-corrected chi connectivity index (χ1v) is 7.43. The van der Waals surface area contributed by atoms with Crippen LogP contribution in [-0.2, 0) is 11.4 Å². The second-order valence-electron chi connectivity index (χ2n) is 5.14. The molecule has 0 atom stereocenters. The molecule has 0 saturated carbocycles. The Morgan fingerprint density at radius 3 is 2.57 bits per heavy atom. The molecule has 0 spiro atoms. The lowest BCUT2D eigenvalue weighted by atomic mass is 10.1. The number of hydrogen-bond acceptors (Lipinski definition) is 3. The van der Waals surface area contributed by atoms with Crippen LogP contribution in [0.3, 0.4) is 0 Å². The number of aliphatic hydroxyl groups excluding tert-OH is 1. The number of carbonyl (C=O) groups is 2. The first-order valence-electron chi connectivity index (χ1n) is 7.43. The monoisotopic (exact) mass is 312 g/mol. The van der Waals surface area contributed by atoms with Crippen LogP contribution in [0.4, 0.5) is 11.4 Å². The van der Waals surface area contributed by atoms with E-state index in [1.54, 1.807) is 62.5 Å². The van der Waals surface area contributed by atoms with E-state index in [9.17, 15) is 9.59 Å². The highest BCUT2D eigenvalue weighted by molar-refractivity contribution is 6.10. The van der Waals surface area contributed by atoms with Gasteiger partial charge in [-0.05, 0) is 29.8 Å². The van der Waals surface area contributed by atoms with Crippen molar-refractivity contribution in [1.82, 2.24) is 0 Å². The van der Waals surface area contributed by atoms with Crippen LogP contribution in [0.2, 0.25) is 0 Å². The molecule has 0 heterocycles. The molecule has 2 aromatic rings. The second-order valence-corrected chi connectivity index (χ2v) is 5.14. The molecule has 0 aliphatic rings. The Kier molecular flexibility index (Phi) is 5.49. The molecule has 5 nitrogen and oxygen atoms in total. The number of nitrogens with zero attached hydrogens (tertiary/aromatic N) is 1. The summed E-state index contributed by atoms with van der Waals surface area (Å²) in [6, 6.07) is 14.0. The maximum Gasteiger partial charge on any atom is 0.257 e. The summed E-state index contributed by atoms with van der Waals surface area (Å²) in [4.78, 5) is 25.9. The van der Waals surface area contributed by atoms with E-state index in [1.807, 2.05) is 0 Å². The smallest absolute Gasteiger partial charge is 0.257 e. The molecule has 2 aromatic carbocycles. The van der Waals surface area contributed by atoms with Crippen LogP contribution in [0.1, 0.15) is 29.3 Å². The van der Waals surface area contributed by atoms with Gasteiger partial charge in [-0.1, -0.05) is 31.2 Å². The van der Waals surface area contributed by atoms with E-state index < -0.39 is 0 Å². The Morgan fingerprint density at radius 1 is 1.13 bits per heavy atom. The fourth-order valence-electron chi connectivity index (χ4n) is 2.28. The highest BCUT2D eigenvalue weighted by Gasteiger charge is 2.17. The summed E-state index contributed by atoms with van der Waals surface area (Å²) >= 11 is 0. The lowest BCUT2D eigenvalue weighted by Crippen LogP contribution is -2.27. The number of hydrogen-bond donors (Lipinski definition) is 2. The van der Waals surface area contributed by atoms with Gasteiger partial charge in [-0.2, -0.15) is 0 Å². The first-order chi connectivity index (χ1) is 11.1. The lowest BCUT2D eigenvalue weighted by Gasteiger charge is -2.20. The SMILES string of the molecule is CCC(=O)N(C)c1ccccc1C(=O)Nc1cccc(CO)c1. The topological polar surface area (TPSA) is 69.6 Å². The van der Waals surface area contributed by atoms with Crippen molar-refractivity contribution in [3.05, 3.63) is 59.7 Å². The summed E-state index contributed by atoms with van der Waals surface area (Å²) < 4.78 is 0. The number of aliphatic hydroxyl groups is 1. The van der Waals surface area contributed by atoms with Crippen molar-refractivity contribution in [1.29, 1.82) is 0 Å². The van der Waals surface area contributed by atoms with Gasteiger partial charge in [0.05, 0.1) is 17.9 Å². The maximum atomic E-state index is 12.5. The molecule has 0 radical (unpaired) electrons. The van der Waals surface area contributed by atoms with Crippen LogP contribution in [-0.4, -0.2) is 24.0 Å². The molecule has 23 heavy (non-hydrogen) atoms. The highest BCUT2D eigenvalue weighted by atomic mass is 16.3. The van der Waals surface area contributed by atoms with Gasteiger partial charge in [0.1, 0.15) is 0 Å². The number of anilines is 2. The Morgan fingerprint density at radius 2 is 1.87 bits per heavy atom. The third-order valence-electron chi connectivity index (χ3n) is 3.55. The number of nitrogens with one attached hydrogen (secondary N) is 1. The highest BCUT2D eigenvalue weighted by Crippen LogP contribution is 2.21. The van der Waals surface area contributed by atoms with Crippen molar-refractivity contribution in [3.63, 3.8) is 0 Å². The molecule has 0 saturated heterocycles. The second kappa shape index (κ2) is 7.56. The predicted molar refractivity (Wildman–Crippen MR) is 90.5 cm³/mol. The number of amides is 2. The van der Waals surface area contributed by atoms with Gasteiger partial charge in [0.2, 0.25) is 5.91 Å². The van der Waals surface area contributed by atoms with Crippen molar-refractivity contribution in [2.45, 2.75) is 20.0 Å². The molecule has 2 amide bonds. The molecule has 0 aromatic heterocycles. The number of benzene rings is 2. The van der Waals surface area contributed by atoms with Crippen LogP contribution in [0.15, 0.2) is 48.5 Å². The summed E-state index contributed by atoms with van der Waals surface area (Å²) in [6.07, 6.45) is 0.366. The third kappa shape index (κ3) is 3.96. The van der Waals surface area contributed by atoms with Crippen LogP contribution in [0.5, 0.6) is 0 Å². The zero-order chi connectivity index (χ0) is 16.8. The van der Waals surface area contributed by atoms with E-state index >= 15 is 0 Å². The molecule has 0 fully saturated rings. The zero-order valence-corrected chi connectivity index (χ0v) is 13.2. The van der Waals surface area contributed by atoms with E-state index in [-0.39, 0.29) is 18.4 Å². The minimum absolute atomic E-state index is 0.0625. The van der Waals surface area contributed by atoms with E-state index in [4.69, 9.17) is 5.11 Å². The van der Waals surface area contributed by atoms with Gasteiger partial charge < -0.3 is 15.3 Å². The van der Waals surface area contributed by atoms with Gasteiger partial charge in [0.15, 0.2) is 0 Å². The maximum absolute atomic E-state index is 12.5. The van der Waals surface area contributed by atoms with Gasteiger partial charge in [-0.3, -0.25) is 9.59 Å². The lowest BCUT2D eigenvalue weighted by molar-refractivity contribution is -0.118. The molecule has 5 heteroatoms. The van der Waals surface area contributed by atoms with Crippen molar-refractivity contribution in [2.24, 2.45) is 0 Å². The van der Waals surface area contributed by atoms with Crippen LogP contribution in [0.25, 0.3) is 0 Å². The van der Waals surface area contributed by atoms with Crippen LogP contribution < -0.4 is 10.2 Å². The zero-order valence-electron chi connectivity index (χ0n) is 13.2. The molecule has 0 unspecified atom stereocenters. The van der Waals surface area contributed by atoms with Crippen molar-refractivity contribution < 1.29 is 14.7 Å². The minimum atomic E-state index is -0.300. The first kappa shape index (κ1) is 16.7. The van der Waals surface area contributed by atoms with Gasteiger partial charge in [0.25, 0.3) is 5.91 Å². The molecule has 120 valence electrons. The fourth-order valence-corrected chi connectivity index (χ4v) is 2.28. The van der Waals surface area contributed by atoms with Crippen molar-refractivity contribution in [2.75, 3.05) is 17.3 Å². The quantitative estimate of drug-likeness (QED) is 0.892. The number of rotatable bonds is 5. The Hall–Kier alpha value is -2.66. The largest absolute Gasteiger partial charge is 0.392 e. The van der Waals surface area contributed by atoms with Gasteiger partial charge >= 0.3 is 0 Å². The fraction of sp³-hybridized carbons (Fsp3) is 0.222. The Labute approximate surface area is 135 Å². The molecule has 0 bridgehead atoms. The van der Waals surface area contributed by atoms with E-state index in [1.165, 1.54) is 4.90 Å². The predicted octanol–water partition coefficient (Wildman–Crippen LogP) is 2.80. The van der Waals surface area contributed by atoms with E-state index in [0.717, 1.165) is 5.56 Å². The van der Waals surface area contributed by atoms with Crippen LogP contribution in [0, 0.1) is 0 Å². The van der Waals surface area contributed by atoms with Gasteiger partial charge in [-0.25, -0.2) is 0 Å². The molecular formula is C18H20N2O3. The third-order valence-corrected chi connectivity index (χ3v) is 3.55. The number of para-hydroxylation sites is 1. The van der Waals surface area contributed by atoms with Crippen molar-refractivity contribution in [3.8, 4) is 0 Å². The van der Waals surface area contributed by atoms with Crippen molar-refractivity contribution >= 4 is 23.2 Å². The average molecular weight is 312 g/mol. The summed E-state index contributed by atoms with van der Waals surface area (Å²) in [6.45, 7) is 1.69. The normalized spacial score (nSPS) is 10.2. The summed E-state index contributed by atoms with van der Waals surface area (Å²) in [5, 5.41) is 12.0. The molecule has 0 aliphatic heterocycles. The van der Waals surface area contributed by atoms with E-state index in [2.05, 4.69) is 5.32 Å². The molecule has 2 rings (SSSR count). The van der Waals surface area contributed by atoms with E-state index in [0.29, 0.717) is 23.4 Å². The van der Waals surface area contributed by atoms with Gasteiger partial charge in [-0.15, -0.1) is 0 Å². The summed E-state index contributed by atoms with van der Waals surface area (Å²) in [5.74, 6) is -0.362. The van der Waals surface area contributed by atoms with Crippen LogP contribution >= 0.6 is 0 Å². The summed E-state index contributed by atoms with van der Waals surface area (Å²) in [5.41, 5.74) is 2.30. The van der Waals surface area contributed by atoms with Gasteiger partial charge in [0, 0.05) is 19.2 Å². The summed E-state index contributed by atoms with van der Waals surface area (Å²) in [7, 11) is 1.66. The Bertz CT molecular complexity index is 713. The minimum Gasteiger partial charge on any atom is -0.392 e. The molecule has 0 aliphatic carbocycles. The molecule has 2 N–H and O–H groups in total. The Balaban J connectivity index is 2.27. The standard InChI is InChI=1S/C18H20N2O3/c1-3-17(22)20(2)16-10-5-4-9-15(16)18(23)19-14-8-6-7-13(11-14)12-21/h4-11,21H,3,12H2,1-2H3,(H,19,23). The number of carbonyl (C=O) groups excluding carboxylic acids is 2. The molecular weight excluding hydrogens is 292 g/mol.